The average molecular weight is 533 g/mol. The van der Waals surface area contributed by atoms with Crippen molar-refractivity contribution >= 4 is 40.3 Å². The van der Waals surface area contributed by atoms with Gasteiger partial charge in [-0.2, -0.15) is 5.26 Å². The van der Waals surface area contributed by atoms with Crippen LogP contribution in [0.25, 0.3) is 28.1 Å². The highest BCUT2D eigenvalue weighted by Gasteiger charge is 2.27. The number of carbonyl (C=O) groups is 1. The van der Waals surface area contributed by atoms with Gasteiger partial charge in [-0.05, 0) is 36.4 Å². The Morgan fingerprint density at radius 1 is 1.05 bits per heavy atom. The van der Waals surface area contributed by atoms with E-state index in [2.05, 4.69) is 15.0 Å². The van der Waals surface area contributed by atoms with E-state index >= 15 is 4.39 Å². The molecule has 1 amide bonds. The first-order valence-electron chi connectivity index (χ1n) is 11.6. The van der Waals surface area contributed by atoms with Crippen molar-refractivity contribution in [3.05, 3.63) is 82.9 Å². The van der Waals surface area contributed by atoms with E-state index in [1.54, 1.807) is 29.3 Å². The summed E-state index contributed by atoms with van der Waals surface area (Å²) in [5, 5.41) is 19.9. The molecule has 4 aromatic rings. The second-order valence-electron chi connectivity index (χ2n) is 8.48. The molecule has 3 heterocycles. The number of hydrogen-bond donors (Lipinski definition) is 1. The van der Waals surface area contributed by atoms with Crippen molar-refractivity contribution in [3.8, 4) is 22.9 Å². The van der Waals surface area contributed by atoms with Crippen molar-refractivity contribution in [2.75, 3.05) is 31.1 Å². The molecule has 0 unspecified atom stereocenters. The summed E-state index contributed by atoms with van der Waals surface area (Å²) in [4.78, 5) is 28.9. The van der Waals surface area contributed by atoms with Crippen molar-refractivity contribution in [2.24, 2.45) is 0 Å². The quantitative estimate of drug-likeness (QED) is 0.303. The summed E-state index contributed by atoms with van der Waals surface area (Å²) in [6, 6.07) is 12.2. The van der Waals surface area contributed by atoms with Gasteiger partial charge in [-0.3, -0.25) is 9.78 Å². The Balaban J connectivity index is 1.42. The second-order valence-corrected chi connectivity index (χ2v) is 8.89. The van der Waals surface area contributed by atoms with Crippen LogP contribution in [0, 0.1) is 23.0 Å². The fourth-order valence-electron chi connectivity index (χ4n) is 4.40. The fourth-order valence-corrected chi connectivity index (χ4v) is 4.69. The number of benzene rings is 2. The number of pyridine rings is 1. The highest BCUT2D eigenvalue weighted by atomic mass is 35.5. The molecule has 5 rings (SSSR count). The zero-order chi connectivity index (χ0) is 26.8. The molecular weight excluding hydrogens is 514 g/mol. The molecule has 0 spiro atoms. The minimum absolute atomic E-state index is 0.0255. The van der Waals surface area contributed by atoms with Gasteiger partial charge in [0.2, 0.25) is 0 Å². The zero-order valence-corrected chi connectivity index (χ0v) is 20.5. The number of amides is 1. The van der Waals surface area contributed by atoms with Gasteiger partial charge >= 0.3 is 0 Å². The molecule has 1 aliphatic heterocycles. The van der Waals surface area contributed by atoms with Gasteiger partial charge in [0.15, 0.2) is 5.82 Å². The van der Waals surface area contributed by atoms with E-state index < -0.39 is 23.3 Å². The van der Waals surface area contributed by atoms with E-state index in [0.717, 1.165) is 6.07 Å². The van der Waals surface area contributed by atoms with E-state index in [1.807, 2.05) is 11.0 Å². The van der Waals surface area contributed by atoms with E-state index in [0.29, 0.717) is 43.1 Å². The van der Waals surface area contributed by atoms with Crippen LogP contribution >= 0.6 is 11.6 Å². The van der Waals surface area contributed by atoms with Crippen molar-refractivity contribution in [1.82, 2.24) is 19.9 Å². The molecule has 8 nitrogen and oxygen atoms in total. The van der Waals surface area contributed by atoms with Crippen LogP contribution in [-0.4, -0.2) is 57.0 Å². The SMILES string of the molecule is N#C/C(=C/c1ccccn1)C(=O)N1CCN(c2ncnc3c(F)c(-c4c(O)cccc4F)c(Cl)cc23)CC1. The summed E-state index contributed by atoms with van der Waals surface area (Å²) in [6.45, 7) is 1.30. The molecule has 38 heavy (non-hydrogen) atoms. The molecule has 0 aliphatic carbocycles. The fraction of sp³-hybridized carbons (Fsp3) is 0.148. The molecule has 0 radical (unpaired) electrons. The first-order valence-corrected chi connectivity index (χ1v) is 11.9. The Hall–Kier alpha value is -4.62. The van der Waals surface area contributed by atoms with Crippen molar-refractivity contribution < 1.29 is 18.7 Å². The Morgan fingerprint density at radius 3 is 2.53 bits per heavy atom. The lowest BCUT2D eigenvalue weighted by Gasteiger charge is -2.35. The molecular formula is C27H19ClF2N6O2. The molecule has 190 valence electrons. The van der Waals surface area contributed by atoms with Gasteiger partial charge in [0, 0.05) is 43.3 Å². The van der Waals surface area contributed by atoms with Crippen LogP contribution in [0.15, 0.2) is 60.6 Å². The minimum Gasteiger partial charge on any atom is -0.507 e. The normalized spacial score (nSPS) is 14.0. The zero-order valence-electron chi connectivity index (χ0n) is 19.8. The number of piperazine rings is 1. The third kappa shape index (κ3) is 4.60. The van der Waals surface area contributed by atoms with Crippen molar-refractivity contribution in [1.29, 1.82) is 5.26 Å². The number of rotatable bonds is 4. The lowest BCUT2D eigenvalue weighted by Crippen LogP contribution is -2.49. The monoisotopic (exact) mass is 532 g/mol. The molecule has 2 aromatic carbocycles. The third-order valence-corrected chi connectivity index (χ3v) is 6.54. The summed E-state index contributed by atoms with van der Waals surface area (Å²) < 4.78 is 30.1. The Morgan fingerprint density at radius 2 is 1.84 bits per heavy atom. The van der Waals surface area contributed by atoms with Crippen LogP contribution in [0.5, 0.6) is 5.75 Å². The van der Waals surface area contributed by atoms with Gasteiger partial charge in [-0.25, -0.2) is 18.7 Å². The van der Waals surface area contributed by atoms with E-state index in [4.69, 9.17) is 11.6 Å². The Bertz CT molecular complexity index is 1600. The highest BCUT2D eigenvalue weighted by Crippen LogP contribution is 2.42. The molecule has 2 aromatic heterocycles. The largest absolute Gasteiger partial charge is 0.507 e. The van der Waals surface area contributed by atoms with Crippen molar-refractivity contribution in [2.45, 2.75) is 0 Å². The van der Waals surface area contributed by atoms with Gasteiger partial charge in [0.05, 0.1) is 16.3 Å². The molecule has 1 N–H and O–H groups in total. The number of nitriles is 1. The number of carbonyl (C=O) groups excluding carboxylic acids is 1. The highest BCUT2D eigenvalue weighted by molar-refractivity contribution is 6.34. The Kier molecular flexibility index (Phi) is 6.85. The predicted molar refractivity (Wildman–Crippen MR) is 138 cm³/mol. The smallest absolute Gasteiger partial charge is 0.264 e. The summed E-state index contributed by atoms with van der Waals surface area (Å²) in [6.07, 6.45) is 4.22. The maximum atomic E-state index is 15.6. The van der Waals surface area contributed by atoms with Crippen LogP contribution in [0.1, 0.15) is 5.69 Å². The predicted octanol–water partition coefficient (Wildman–Crippen LogP) is 4.58. The van der Waals surface area contributed by atoms with Gasteiger partial charge in [-0.15, -0.1) is 0 Å². The Labute approximate surface area is 221 Å². The molecule has 11 heteroatoms. The van der Waals surface area contributed by atoms with E-state index in [1.165, 1.54) is 30.6 Å². The number of halogens is 3. The maximum Gasteiger partial charge on any atom is 0.264 e. The molecule has 0 saturated carbocycles. The van der Waals surface area contributed by atoms with Crippen LogP contribution in [0.4, 0.5) is 14.6 Å². The minimum atomic E-state index is -0.885. The first kappa shape index (κ1) is 25.0. The number of aromatic nitrogens is 3. The maximum absolute atomic E-state index is 15.6. The number of anilines is 1. The van der Waals surface area contributed by atoms with Crippen LogP contribution < -0.4 is 4.90 Å². The van der Waals surface area contributed by atoms with Gasteiger partial charge in [0.1, 0.15) is 40.9 Å². The molecule has 1 saturated heterocycles. The number of aromatic hydroxyl groups is 1. The lowest BCUT2D eigenvalue weighted by molar-refractivity contribution is -0.126. The number of phenolic OH excluding ortho intramolecular Hbond substituents is 1. The van der Waals surface area contributed by atoms with E-state index in [9.17, 15) is 19.6 Å². The topological polar surface area (TPSA) is 106 Å². The standard InChI is InChI=1S/C27H19ClF2N6O2/c28-19-13-18-25(24(30)22(19)23-20(29)5-3-6-21(23)37)33-15-34-26(18)35-8-10-36(11-9-35)27(38)16(14-31)12-17-4-1-2-7-32-17/h1-7,12-13,15,37H,8-11H2/b16-12-. The number of fused-ring (bicyclic) bond motifs is 1. The number of phenols is 1. The summed E-state index contributed by atoms with van der Waals surface area (Å²) in [5.41, 5.74) is -0.247. The summed E-state index contributed by atoms with van der Waals surface area (Å²) in [7, 11) is 0. The van der Waals surface area contributed by atoms with Gasteiger partial charge in [0.25, 0.3) is 5.91 Å². The second kappa shape index (κ2) is 10.4. The molecule has 1 aliphatic rings. The average Bonchev–Trinajstić information content (AvgIpc) is 2.93. The summed E-state index contributed by atoms with van der Waals surface area (Å²) in [5.74, 6) is -2.17. The van der Waals surface area contributed by atoms with Gasteiger partial charge in [-0.1, -0.05) is 23.7 Å². The molecule has 0 atom stereocenters. The first-order chi connectivity index (χ1) is 18.4. The lowest BCUT2D eigenvalue weighted by atomic mass is 10.0. The van der Waals surface area contributed by atoms with E-state index in [-0.39, 0.29) is 27.2 Å². The van der Waals surface area contributed by atoms with Crippen LogP contribution in [0.3, 0.4) is 0 Å². The summed E-state index contributed by atoms with van der Waals surface area (Å²) >= 11 is 6.39. The van der Waals surface area contributed by atoms with Crippen molar-refractivity contribution in [3.63, 3.8) is 0 Å². The van der Waals surface area contributed by atoms with Gasteiger partial charge < -0.3 is 14.9 Å². The van der Waals surface area contributed by atoms with Crippen LogP contribution in [0.2, 0.25) is 5.02 Å². The number of nitrogens with zero attached hydrogens (tertiary/aromatic N) is 6. The molecule has 0 bridgehead atoms. The number of hydrogen-bond acceptors (Lipinski definition) is 7. The van der Waals surface area contributed by atoms with Crippen LogP contribution in [-0.2, 0) is 4.79 Å². The molecule has 1 fully saturated rings. The third-order valence-electron chi connectivity index (χ3n) is 6.24.